The maximum Gasteiger partial charge on any atom is 0.261 e. The fourth-order valence-corrected chi connectivity index (χ4v) is 5.67. The molecular formula is C26H34N4O4S. The standard InChI is InChI=1S/C26H34N4O4S/c1-28(2)14-20-21(33-5)11-16(12-22(20)34-6)19-15-30(4)26(32)18-13-23(35-24(18)19)25(31)27-17-7-9-29(3)10-8-17/h11-13,15,17H,7-10,14H2,1-6H3,(H,27,31). The first-order valence-corrected chi connectivity index (χ1v) is 12.6. The summed E-state index contributed by atoms with van der Waals surface area (Å²) in [6, 6.07) is 5.83. The Labute approximate surface area is 210 Å². The quantitative estimate of drug-likeness (QED) is 0.539. The van der Waals surface area contributed by atoms with Crippen LogP contribution in [-0.2, 0) is 13.6 Å². The fourth-order valence-electron chi connectivity index (χ4n) is 4.59. The molecule has 35 heavy (non-hydrogen) atoms. The van der Waals surface area contributed by atoms with Crippen molar-refractivity contribution in [1.29, 1.82) is 0 Å². The highest BCUT2D eigenvalue weighted by Crippen LogP contribution is 2.39. The van der Waals surface area contributed by atoms with Crippen LogP contribution in [0.3, 0.4) is 0 Å². The molecule has 1 aromatic carbocycles. The number of nitrogens with one attached hydrogen (secondary N) is 1. The van der Waals surface area contributed by atoms with Gasteiger partial charge in [0.2, 0.25) is 0 Å². The lowest BCUT2D eigenvalue weighted by Gasteiger charge is -2.29. The van der Waals surface area contributed by atoms with E-state index in [4.69, 9.17) is 9.47 Å². The third kappa shape index (κ3) is 5.22. The minimum Gasteiger partial charge on any atom is -0.496 e. The van der Waals surface area contributed by atoms with Crippen LogP contribution in [0.4, 0.5) is 0 Å². The van der Waals surface area contributed by atoms with Crippen molar-refractivity contribution < 1.29 is 14.3 Å². The third-order valence-corrected chi connectivity index (χ3v) is 7.69. The smallest absolute Gasteiger partial charge is 0.261 e. The zero-order valence-corrected chi connectivity index (χ0v) is 22.1. The van der Waals surface area contributed by atoms with Gasteiger partial charge in [0.25, 0.3) is 11.5 Å². The van der Waals surface area contributed by atoms with E-state index in [0.29, 0.717) is 28.3 Å². The number of aromatic nitrogens is 1. The molecule has 1 N–H and O–H groups in total. The van der Waals surface area contributed by atoms with Crippen LogP contribution < -0.4 is 20.3 Å². The molecule has 1 amide bonds. The zero-order valence-electron chi connectivity index (χ0n) is 21.3. The Balaban J connectivity index is 1.77. The SMILES string of the molecule is COc1cc(-c2cn(C)c(=O)c3cc(C(=O)NC4CCN(C)CC4)sc23)cc(OC)c1CN(C)C. The summed E-state index contributed by atoms with van der Waals surface area (Å²) in [4.78, 5) is 30.9. The second-order valence-electron chi connectivity index (χ2n) is 9.46. The van der Waals surface area contributed by atoms with Crippen molar-refractivity contribution in [1.82, 2.24) is 19.7 Å². The molecule has 1 aliphatic heterocycles. The molecule has 3 heterocycles. The molecule has 1 fully saturated rings. The van der Waals surface area contributed by atoms with Crippen molar-refractivity contribution in [2.75, 3.05) is 48.5 Å². The molecule has 0 saturated carbocycles. The normalized spacial score (nSPS) is 15.1. The van der Waals surface area contributed by atoms with E-state index in [1.54, 1.807) is 31.9 Å². The lowest BCUT2D eigenvalue weighted by atomic mass is 10.0. The predicted octanol–water partition coefficient (Wildman–Crippen LogP) is 3.17. The first-order chi connectivity index (χ1) is 16.7. The average Bonchev–Trinajstić information content (AvgIpc) is 3.28. The minimum atomic E-state index is -0.124. The molecule has 2 aromatic heterocycles. The Kier molecular flexibility index (Phi) is 7.49. The van der Waals surface area contributed by atoms with Gasteiger partial charge in [0, 0.05) is 36.1 Å². The van der Waals surface area contributed by atoms with Crippen molar-refractivity contribution in [3.63, 3.8) is 0 Å². The summed E-state index contributed by atoms with van der Waals surface area (Å²) in [5, 5.41) is 3.70. The number of likely N-dealkylation sites (tertiary alicyclic amines) is 1. The Morgan fingerprint density at radius 2 is 1.74 bits per heavy atom. The number of fused-ring (bicyclic) bond motifs is 1. The van der Waals surface area contributed by atoms with E-state index >= 15 is 0 Å². The molecule has 188 valence electrons. The van der Waals surface area contributed by atoms with Crippen molar-refractivity contribution in [3.8, 4) is 22.6 Å². The number of hydrogen-bond donors (Lipinski definition) is 1. The van der Waals surface area contributed by atoms with Crippen LogP contribution >= 0.6 is 11.3 Å². The molecule has 4 rings (SSSR count). The van der Waals surface area contributed by atoms with E-state index in [0.717, 1.165) is 47.3 Å². The van der Waals surface area contributed by atoms with Crippen molar-refractivity contribution in [2.45, 2.75) is 25.4 Å². The number of nitrogens with zero attached hydrogens (tertiary/aromatic N) is 3. The Morgan fingerprint density at radius 1 is 1.11 bits per heavy atom. The summed E-state index contributed by atoms with van der Waals surface area (Å²) in [5.74, 6) is 1.31. The van der Waals surface area contributed by atoms with Gasteiger partial charge in [-0.15, -0.1) is 11.3 Å². The second kappa shape index (κ2) is 10.4. The Morgan fingerprint density at radius 3 is 2.31 bits per heavy atom. The summed E-state index contributed by atoms with van der Waals surface area (Å²) >= 11 is 1.35. The number of piperidine rings is 1. The van der Waals surface area contributed by atoms with Gasteiger partial charge in [-0.05, 0) is 70.8 Å². The van der Waals surface area contributed by atoms with E-state index in [-0.39, 0.29) is 17.5 Å². The highest BCUT2D eigenvalue weighted by molar-refractivity contribution is 7.21. The van der Waals surface area contributed by atoms with Gasteiger partial charge in [-0.1, -0.05) is 0 Å². The molecule has 0 radical (unpaired) electrons. The number of amides is 1. The van der Waals surface area contributed by atoms with E-state index in [2.05, 4.69) is 22.2 Å². The van der Waals surface area contributed by atoms with Crippen molar-refractivity contribution >= 4 is 27.3 Å². The largest absolute Gasteiger partial charge is 0.496 e. The molecular weight excluding hydrogens is 464 g/mol. The molecule has 8 nitrogen and oxygen atoms in total. The maximum atomic E-state index is 13.1. The van der Waals surface area contributed by atoms with Crippen LogP contribution in [0.5, 0.6) is 11.5 Å². The first-order valence-electron chi connectivity index (χ1n) is 11.7. The number of thiophene rings is 1. The molecule has 9 heteroatoms. The minimum absolute atomic E-state index is 0.120. The van der Waals surface area contributed by atoms with E-state index in [1.165, 1.54) is 11.3 Å². The molecule has 3 aromatic rings. The number of ether oxygens (including phenoxy) is 2. The number of benzene rings is 1. The maximum absolute atomic E-state index is 13.1. The van der Waals surface area contributed by atoms with Gasteiger partial charge < -0.3 is 29.2 Å². The predicted molar refractivity (Wildman–Crippen MR) is 141 cm³/mol. The molecule has 1 aliphatic rings. The number of pyridine rings is 1. The van der Waals surface area contributed by atoms with Crippen LogP contribution in [-0.4, -0.2) is 74.8 Å². The number of methoxy groups -OCH3 is 2. The van der Waals surface area contributed by atoms with E-state index < -0.39 is 0 Å². The molecule has 0 spiro atoms. The Bertz CT molecular complexity index is 1260. The van der Waals surface area contributed by atoms with Crippen LogP contribution in [0.25, 0.3) is 21.2 Å². The van der Waals surface area contributed by atoms with Gasteiger partial charge >= 0.3 is 0 Å². The molecule has 0 aliphatic carbocycles. The Hall–Kier alpha value is -2.88. The first kappa shape index (κ1) is 25.2. The van der Waals surface area contributed by atoms with Gasteiger partial charge in [-0.25, -0.2) is 0 Å². The zero-order chi connectivity index (χ0) is 25.3. The van der Waals surface area contributed by atoms with Gasteiger partial charge in [0.15, 0.2) is 0 Å². The number of rotatable bonds is 7. The van der Waals surface area contributed by atoms with Gasteiger partial charge in [0.05, 0.1) is 30.0 Å². The number of carbonyl (C=O) groups excluding carboxylic acids is 1. The molecule has 0 atom stereocenters. The highest BCUT2D eigenvalue weighted by Gasteiger charge is 2.23. The second-order valence-corrected chi connectivity index (χ2v) is 10.5. The van der Waals surface area contributed by atoms with E-state index in [1.807, 2.05) is 32.4 Å². The van der Waals surface area contributed by atoms with Crippen LogP contribution in [0.15, 0.2) is 29.2 Å². The topological polar surface area (TPSA) is 76.0 Å². The molecule has 0 bridgehead atoms. The van der Waals surface area contributed by atoms with Gasteiger partial charge in [-0.3, -0.25) is 9.59 Å². The molecule has 0 unspecified atom stereocenters. The lowest BCUT2D eigenvalue weighted by Crippen LogP contribution is -2.43. The third-order valence-electron chi connectivity index (χ3n) is 6.52. The summed E-state index contributed by atoms with van der Waals surface area (Å²) in [7, 11) is 11.1. The fraction of sp³-hybridized carbons (Fsp3) is 0.462. The van der Waals surface area contributed by atoms with Crippen molar-refractivity contribution in [3.05, 3.63) is 45.2 Å². The van der Waals surface area contributed by atoms with Gasteiger partial charge in [-0.2, -0.15) is 0 Å². The van der Waals surface area contributed by atoms with Crippen LogP contribution in [0, 0.1) is 0 Å². The average molecular weight is 499 g/mol. The summed E-state index contributed by atoms with van der Waals surface area (Å²) < 4.78 is 13.8. The number of hydrogen-bond acceptors (Lipinski definition) is 7. The molecule has 1 saturated heterocycles. The van der Waals surface area contributed by atoms with Crippen LogP contribution in [0.2, 0.25) is 0 Å². The van der Waals surface area contributed by atoms with Crippen molar-refractivity contribution in [2.24, 2.45) is 7.05 Å². The van der Waals surface area contributed by atoms with E-state index in [9.17, 15) is 9.59 Å². The number of aryl methyl sites for hydroxylation is 1. The van der Waals surface area contributed by atoms with Gasteiger partial charge in [0.1, 0.15) is 11.5 Å². The number of carbonyl (C=O) groups is 1. The monoisotopic (exact) mass is 498 g/mol. The summed E-state index contributed by atoms with van der Waals surface area (Å²) in [6.45, 7) is 2.60. The summed E-state index contributed by atoms with van der Waals surface area (Å²) in [6.07, 6.45) is 3.68. The summed E-state index contributed by atoms with van der Waals surface area (Å²) in [5.41, 5.74) is 2.56. The highest BCUT2D eigenvalue weighted by atomic mass is 32.1. The van der Waals surface area contributed by atoms with Crippen LogP contribution in [0.1, 0.15) is 28.1 Å². The lowest BCUT2D eigenvalue weighted by molar-refractivity contribution is 0.0921.